The average Bonchev–Trinajstić information content (AvgIpc) is 2.35. The summed E-state index contributed by atoms with van der Waals surface area (Å²) in [4.78, 5) is 0. The first-order valence-corrected chi connectivity index (χ1v) is 7.96. The second-order valence-electron chi connectivity index (χ2n) is 6.51. The van der Waals surface area contributed by atoms with E-state index in [1.807, 2.05) is 12.1 Å². The number of methoxy groups -OCH3 is 1. The van der Waals surface area contributed by atoms with E-state index in [0.717, 1.165) is 30.3 Å². The highest BCUT2D eigenvalue weighted by molar-refractivity contribution is 6.30. The molecule has 0 aromatic heterocycles. The first kappa shape index (κ1) is 15.7. The van der Waals surface area contributed by atoms with Gasteiger partial charge in [-0.05, 0) is 60.9 Å². The molecule has 1 fully saturated rings. The summed E-state index contributed by atoms with van der Waals surface area (Å²) in [5, 5.41) is 4.42. The van der Waals surface area contributed by atoms with E-state index in [0.29, 0.717) is 11.3 Å². The highest BCUT2D eigenvalue weighted by atomic mass is 35.5. The van der Waals surface area contributed by atoms with Crippen molar-refractivity contribution in [2.45, 2.75) is 39.5 Å². The molecule has 0 heterocycles. The van der Waals surface area contributed by atoms with Gasteiger partial charge in [0, 0.05) is 11.6 Å². The summed E-state index contributed by atoms with van der Waals surface area (Å²) in [6, 6.07) is 5.93. The van der Waals surface area contributed by atoms with Crippen LogP contribution in [-0.2, 0) is 6.42 Å². The maximum atomic E-state index is 6.14. The lowest BCUT2D eigenvalue weighted by Gasteiger charge is -2.43. The van der Waals surface area contributed by atoms with Gasteiger partial charge in [0.15, 0.2) is 0 Å². The zero-order chi connectivity index (χ0) is 14.6. The molecule has 1 aliphatic carbocycles. The summed E-state index contributed by atoms with van der Waals surface area (Å²) in [5.41, 5.74) is 1.64. The molecule has 1 aromatic carbocycles. The predicted octanol–water partition coefficient (Wildman–Crippen LogP) is 4.31. The van der Waals surface area contributed by atoms with E-state index >= 15 is 0 Å². The minimum atomic E-state index is 0.396. The molecule has 2 rings (SSSR count). The molecule has 0 spiro atoms. The van der Waals surface area contributed by atoms with Crippen LogP contribution in [0.2, 0.25) is 5.02 Å². The molecule has 0 radical (unpaired) electrons. The summed E-state index contributed by atoms with van der Waals surface area (Å²) >= 11 is 6.14. The van der Waals surface area contributed by atoms with Crippen LogP contribution in [0.25, 0.3) is 0 Å². The Labute approximate surface area is 127 Å². The number of benzene rings is 1. The molecule has 0 saturated heterocycles. The van der Waals surface area contributed by atoms with Crippen molar-refractivity contribution in [1.82, 2.24) is 5.32 Å². The molecule has 0 aliphatic heterocycles. The third-order valence-corrected chi connectivity index (χ3v) is 4.51. The van der Waals surface area contributed by atoms with Crippen molar-refractivity contribution < 1.29 is 4.74 Å². The smallest absolute Gasteiger partial charge is 0.122 e. The Morgan fingerprint density at radius 3 is 2.65 bits per heavy atom. The van der Waals surface area contributed by atoms with Crippen molar-refractivity contribution in [2.24, 2.45) is 11.3 Å². The summed E-state index contributed by atoms with van der Waals surface area (Å²) in [6.07, 6.45) is 5.00. The standard InChI is InChI=1S/C17H26ClNO/c1-13(2)11-19-12-17(7-4-8-17)10-14-9-15(18)5-6-16(14)20-3/h5-6,9,13,19H,4,7-8,10-12H2,1-3H3. The number of halogens is 1. The SMILES string of the molecule is COc1ccc(Cl)cc1CC1(CNCC(C)C)CCC1. The maximum Gasteiger partial charge on any atom is 0.122 e. The molecule has 20 heavy (non-hydrogen) atoms. The third kappa shape index (κ3) is 3.89. The normalized spacial score (nSPS) is 17.1. The largest absolute Gasteiger partial charge is 0.496 e. The van der Waals surface area contributed by atoms with Gasteiger partial charge in [0.05, 0.1) is 7.11 Å². The Morgan fingerprint density at radius 2 is 2.10 bits per heavy atom. The number of nitrogens with one attached hydrogen (secondary N) is 1. The van der Waals surface area contributed by atoms with Crippen molar-refractivity contribution in [3.8, 4) is 5.75 Å². The van der Waals surface area contributed by atoms with Gasteiger partial charge in [-0.15, -0.1) is 0 Å². The zero-order valence-electron chi connectivity index (χ0n) is 12.8. The zero-order valence-corrected chi connectivity index (χ0v) is 13.6. The third-order valence-electron chi connectivity index (χ3n) is 4.27. The second kappa shape index (κ2) is 6.82. The highest BCUT2D eigenvalue weighted by Gasteiger charge is 2.37. The molecular weight excluding hydrogens is 270 g/mol. The van der Waals surface area contributed by atoms with Crippen molar-refractivity contribution in [3.05, 3.63) is 28.8 Å². The van der Waals surface area contributed by atoms with Gasteiger partial charge in [0.25, 0.3) is 0 Å². The predicted molar refractivity (Wildman–Crippen MR) is 85.7 cm³/mol. The fourth-order valence-corrected chi connectivity index (χ4v) is 3.20. The van der Waals surface area contributed by atoms with Gasteiger partial charge in [-0.25, -0.2) is 0 Å². The van der Waals surface area contributed by atoms with Crippen molar-refractivity contribution in [3.63, 3.8) is 0 Å². The minimum Gasteiger partial charge on any atom is -0.496 e. The van der Waals surface area contributed by atoms with Crippen LogP contribution in [0.3, 0.4) is 0 Å². The molecule has 1 N–H and O–H groups in total. The molecule has 0 atom stereocenters. The summed E-state index contributed by atoms with van der Waals surface area (Å²) in [5.74, 6) is 1.66. The van der Waals surface area contributed by atoms with Crippen molar-refractivity contribution in [1.29, 1.82) is 0 Å². The Hall–Kier alpha value is -0.730. The number of hydrogen-bond acceptors (Lipinski definition) is 2. The van der Waals surface area contributed by atoms with Crippen molar-refractivity contribution in [2.75, 3.05) is 20.2 Å². The van der Waals surface area contributed by atoms with Crippen LogP contribution in [0.5, 0.6) is 5.75 Å². The molecular formula is C17H26ClNO. The van der Waals surface area contributed by atoms with Gasteiger partial charge in [-0.2, -0.15) is 0 Å². The topological polar surface area (TPSA) is 21.3 Å². The lowest BCUT2D eigenvalue weighted by Crippen LogP contribution is -2.42. The van der Waals surface area contributed by atoms with Crippen LogP contribution in [0, 0.1) is 11.3 Å². The highest BCUT2D eigenvalue weighted by Crippen LogP contribution is 2.44. The molecule has 0 unspecified atom stereocenters. The average molecular weight is 296 g/mol. The van der Waals surface area contributed by atoms with E-state index in [1.165, 1.54) is 24.8 Å². The quantitative estimate of drug-likeness (QED) is 0.809. The molecule has 0 amide bonds. The summed E-state index contributed by atoms with van der Waals surface area (Å²) < 4.78 is 5.48. The number of rotatable bonds is 7. The molecule has 1 aromatic rings. The molecule has 0 bridgehead atoms. The Bertz CT molecular complexity index is 441. The van der Waals surface area contributed by atoms with Gasteiger partial charge < -0.3 is 10.1 Å². The Kier molecular flexibility index (Phi) is 5.34. The minimum absolute atomic E-state index is 0.396. The summed E-state index contributed by atoms with van der Waals surface area (Å²) in [7, 11) is 1.73. The monoisotopic (exact) mass is 295 g/mol. The van der Waals surface area contributed by atoms with E-state index in [2.05, 4.69) is 25.2 Å². The molecule has 112 valence electrons. The van der Waals surface area contributed by atoms with E-state index < -0.39 is 0 Å². The van der Waals surface area contributed by atoms with Gasteiger partial charge >= 0.3 is 0 Å². The van der Waals surface area contributed by atoms with Crippen molar-refractivity contribution >= 4 is 11.6 Å². The fourth-order valence-electron chi connectivity index (χ4n) is 3.01. The van der Waals surface area contributed by atoms with E-state index in [1.54, 1.807) is 7.11 Å². The van der Waals surface area contributed by atoms with Crippen LogP contribution in [0.1, 0.15) is 38.7 Å². The number of hydrogen-bond donors (Lipinski definition) is 1. The van der Waals surface area contributed by atoms with E-state index in [9.17, 15) is 0 Å². The van der Waals surface area contributed by atoms with Gasteiger partial charge in [-0.3, -0.25) is 0 Å². The van der Waals surface area contributed by atoms with Crippen LogP contribution < -0.4 is 10.1 Å². The first-order chi connectivity index (χ1) is 9.54. The summed E-state index contributed by atoms with van der Waals surface area (Å²) in [6.45, 7) is 6.69. The van der Waals surface area contributed by atoms with Crippen LogP contribution in [-0.4, -0.2) is 20.2 Å². The lowest BCUT2D eigenvalue weighted by molar-refractivity contribution is 0.128. The Balaban J connectivity index is 2.04. The lowest BCUT2D eigenvalue weighted by atomic mass is 9.65. The Morgan fingerprint density at radius 1 is 1.35 bits per heavy atom. The second-order valence-corrected chi connectivity index (χ2v) is 6.95. The van der Waals surface area contributed by atoms with Crippen LogP contribution in [0.4, 0.5) is 0 Å². The van der Waals surface area contributed by atoms with E-state index in [4.69, 9.17) is 16.3 Å². The molecule has 3 heteroatoms. The molecule has 1 aliphatic rings. The number of ether oxygens (including phenoxy) is 1. The van der Waals surface area contributed by atoms with Gasteiger partial charge in [0.2, 0.25) is 0 Å². The first-order valence-electron chi connectivity index (χ1n) is 7.58. The van der Waals surface area contributed by atoms with Gasteiger partial charge in [-0.1, -0.05) is 31.9 Å². The van der Waals surface area contributed by atoms with Gasteiger partial charge in [0.1, 0.15) is 5.75 Å². The van der Waals surface area contributed by atoms with Crippen LogP contribution >= 0.6 is 11.6 Å². The molecule has 2 nitrogen and oxygen atoms in total. The molecule has 1 saturated carbocycles. The van der Waals surface area contributed by atoms with E-state index in [-0.39, 0.29) is 0 Å². The maximum absolute atomic E-state index is 6.14. The van der Waals surface area contributed by atoms with Crippen LogP contribution in [0.15, 0.2) is 18.2 Å². The fraction of sp³-hybridized carbons (Fsp3) is 0.647.